The Bertz CT molecular complexity index is 1020. The van der Waals surface area contributed by atoms with Crippen LogP contribution < -0.4 is 30.0 Å². The Hall–Kier alpha value is -3.59. The van der Waals surface area contributed by atoms with E-state index in [1.54, 1.807) is 34.3 Å². The van der Waals surface area contributed by atoms with Crippen LogP contribution in [0.5, 0.6) is 23.0 Å². The summed E-state index contributed by atoms with van der Waals surface area (Å²) in [5.74, 6) is 1.75. The lowest BCUT2D eigenvalue weighted by molar-refractivity contribution is -0.117. The molecule has 9 nitrogen and oxygen atoms in total. The second-order valence-corrected chi connectivity index (χ2v) is 6.83. The van der Waals surface area contributed by atoms with Crippen molar-refractivity contribution in [2.45, 2.75) is 13.0 Å². The number of amides is 1. The Balaban J connectivity index is 2.10. The van der Waals surface area contributed by atoms with E-state index in [0.29, 0.717) is 40.9 Å². The van der Waals surface area contributed by atoms with Crippen LogP contribution in [0.1, 0.15) is 18.1 Å². The number of nitrogens with zero attached hydrogens (tertiary/aromatic N) is 2. The first-order valence-corrected chi connectivity index (χ1v) is 9.59. The molecule has 1 unspecified atom stereocenters. The summed E-state index contributed by atoms with van der Waals surface area (Å²) < 4.78 is 21.7. The van der Waals surface area contributed by atoms with Crippen LogP contribution in [0.2, 0.25) is 0 Å². The number of carbonyl (C=O) groups is 1. The Kier molecular flexibility index (Phi) is 6.76. The normalized spacial score (nSPS) is 13.7. The molecular formula is C22H26N4O5. The largest absolute Gasteiger partial charge is 0.495 e. The van der Waals surface area contributed by atoms with Crippen molar-refractivity contribution in [1.82, 2.24) is 0 Å². The minimum absolute atomic E-state index is 0.310. The SMILES string of the molecule is COc1ccc(C2=C(c3cc(OC)c(OC)c(OC)c3)N=NC2)cc1NC(=O)C(C)N. The molecule has 0 saturated heterocycles. The third kappa shape index (κ3) is 4.46. The van der Waals surface area contributed by atoms with E-state index in [-0.39, 0.29) is 5.91 Å². The maximum Gasteiger partial charge on any atom is 0.241 e. The smallest absolute Gasteiger partial charge is 0.241 e. The first-order valence-electron chi connectivity index (χ1n) is 9.59. The van der Waals surface area contributed by atoms with Gasteiger partial charge in [0, 0.05) is 11.1 Å². The molecule has 1 atom stereocenters. The standard InChI is InChI=1S/C22H26N4O5/c1-12(23)22(27)25-16-8-13(6-7-17(16)28-2)15-11-24-26-20(15)14-9-18(29-3)21(31-5)19(10-14)30-4/h6-10,12H,11,23H2,1-5H3,(H,25,27). The van der Waals surface area contributed by atoms with Gasteiger partial charge in [0.25, 0.3) is 0 Å². The molecule has 1 heterocycles. The molecule has 0 spiro atoms. The van der Waals surface area contributed by atoms with E-state index >= 15 is 0 Å². The zero-order chi connectivity index (χ0) is 22.5. The molecule has 0 fully saturated rings. The van der Waals surface area contributed by atoms with Crippen LogP contribution in [-0.2, 0) is 4.79 Å². The highest BCUT2D eigenvalue weighted by atomic mass is 16.5. The third-order valence-electron chi connectivity index (χ3n) is 4.84. The molecule has 31 heavy (non-hydrogen) atoms. The highest BCUT2D eigenvalue weighted by Crippen LogP contribution is 2.43. The molecular weight excluding hydrogens is 400 g/mol. The predicted molar refractivity (Wildman–Crippen MR) is 118 cm³/mol. The third-order valence-corrected chi connectivity index (χ3v) is 4.84. The van der Waals surface area contributed by atoms with Crippen molar-refractivity contribution >= 4 is 22.9 Å². The molecule has 1 aliphatic heterocycles. The zero-order valence-electron chi connectivity index (χ0n) is 18.2. The lowest BCUT2D eigenvalue weighted by atomic mass is 9.99. The van der Waals surface area contributed by atoms with Crippen LogP contribution in [0.3, 0.4) is 0 Å². The van der Waals surface area contributed by atoms with E-state index in [1.807, 2.05) is 24.3 Å². The van der Waals surface area contributed by atoms with Gasteiger partial charge in [-0.05, 0) is 36.8 Å². The fraction of sp³-hybridized carbons (Fsp3) is 0.318. The summed E-state index contributed by atoms with van der Waals surface area (Å²) in [5.41, 5.74) is 9.37. The molecule has 0 aliphatic carbocycles. The molecule has 2 aromatic rings. The van der Waals surface area contributed by atoms with Gasteiger partial charge in [-0.25, -0.2) is 0 Å². The van der Waals surface area contributed by atoms with Gasteiger partial charge in [-0.1, -0.05) is 6.07 Å². The Morgan fingerprint density at radius 3 is 2.16 bits per heavy atom. The van der Waals surface area contributed by atoms with Crippen molar-refractivity contribution in [3.8, 4) is 23.0 Å². The predicted octanol–water partition coefficient (Wildman–Crippen LogP) is 3.34. The Labute approximate surface area is 180 Å². The van der Waals surface area contributed by atoms with Gasteiger partial charge in [0.2, 0.25) is 11.7 Å². The van der Waals surface area contributed by atoms with E-state index in [2.05, 4.69) is 15.5 Å². The molecule has 1 amide bonds. The highest BCUT2D eigenvalue weighted by Gasteiger charge is 2.22. The number of hydrogen-bond donors (Lipinski definition) is 2. The number of anilines is 1. The fourth-order valence-electron chi connectivity index (χ4n) is 3.23. The molecule has 2 aromatic carbocycles. The number of azo groups is 1. The Morgan fingerprint density at radius 2 is 1.61 bits per heavy atom. The minimum Gasteiger partial charge on any atom is -0.495 e. The van der Waals surface area contributed by atoms with E-state index in [9.17, 15) is 4.79 Å². The molecule has 3 N–H and O–H groups in total. The number of nitrogens with two attached hydrogens (primary N) is 1. The lowest BCUT2D eigenvalue weighted by Crippen LogP contribution is -2.32. The topological polar surface area (TPSA) is 117 Å². The molecule has 9 heteroatoms. The van der Waals surface area contributed by atoms with E-state index < -0.39 is 6.04 Å². The average molecular weight is 426 g/mol. The summed E-state index contributed by atoms with van der Waals surface area (Å²) in [4.78, 5) is 12.1. The van der Waals surface area contributed by atoms with Gasteiger partial charge in [-0.15, -0.1) is 0 Å². The summed E-state index contributed by atoms with van der Waals surface area (Å²) in [6.45, 7) is 2.00. The second-order valence-electron chi connectivity index (χ2n) is 6.83. The number of methoxy groups -OCH3 is 4. The molecule has 0 radical (unpaired) electrons. The number of hydrogen-bond acceptors (Lipinski definition) is 8. The van der Waals surface area contributed by atoms with Gasteiger partial charge in [-0.3, -0.25) is 4.79 Å². The first-order chi connectivity index (χ1) is 14.9. The van der Waals surface area contributed by atoms with Crippen LogP contribution >= 0.6 is 0 Å². The van der Waals surface area contributed by atoms with Crippen LogP contribution in [0.25, 0.3) is 11.3 Å². The molecule has 3 rings (SSSR count). The summed E-state index contributed by atoms with van der Waals surface area (Å²) in [7, 11) is 6.21. The van der Waals surface area contributed by atoms with Crippen molar-refractivity contribution in [2.75, 3.05) is 40.3 Å². The van der Waals surface area contributed by atoms with Gasteiger partial charge < -0.3 is 30.0 Å². The fourth-order valence-corrected chi connectivity index (χ4v) is 3.23. The van der Waals surface area contributed by atoms with Crippen molar-refractivity contribution in [2.24, 2.45) is 16.0 Å². The maximum atomic E-state index is 12.1. The number of ether oxygens (including phenoxy) is 4. The quantitative estimate of drug-likeness (QED) is 0.669. The minimum atomic E-state index is -0.654. The monoisotopic (exact) mass is 426 g/mol. The van der Waals surface area contributed by atoms with E-state index in [4.69, 9.17) is 24.7 Å². The second kappa shape index (κ2) is 9.48. The number of carbonyl (C=O) groups excluding carboxylic acids is 1. The van der Waals surface area contributed by atoms with Gasteiger partial charge in [-0.2, -0.15) is 10.2 Å². The molecule has 164 valence electrons. The van der Waals surface area contributed by atoms with Crippen molar-refractivity contribution in [3.05, 3.63) is 41.5 Å². The molecule has 1 aliphatic rings. The van der Waals surface area contributed by atoms with Crippen molar-refractivity contribution in [1.29, 1.82) is 0 Å². The zero-order valence-corrected chi connectivity index (χ0v) is 18.2. The van der Waals surface area contributed by atoms with Gasteiger partial charge >= 0.3 is 0 Å². The van der Waals surface area contributed by atoms with Crippen LogP contribution in [0.4, 0.5) is 5.69 Å². The van der Waals surface area contributed by atoms with E-state index in [0.717, 1.165) is 16.7 Å². The van der Waals surface area contributed by atoms with Crippen LogP contribution in [0, 0.1) is 0 Å². The van der Waals surface area contributed by atoms with E-state index in [1.165, 1.54) is 7.11 Å². The number of nitrogens with one attached hydrogen (secondary N) is 1. The summed E-state index contributed by atoms with van der Waals surface area (Å²) in [6, 6.07) is 8.49. The maximum absolute atomic E-state index is 12.1. The van der Waals surface area contributed by atoms with Crippen LogP contribution in [0.15, 0.2) is 40.6 Å². The van der Waals surface area contributed by atoms with Crippen molar-refractivity contribution < 1.29 is 23.7 Å². The number of benzene rings is 2. The lowest BCUT2D eigenvalue weighted by Gasteiger charge is -2.16. The Morgan fingerprint density at radius 1 is 0.968 bits per heavy atom. The highest BCUT2D eigenvalue weighted by molar-refractivity contribution is 5.98. The van der Waals surface area contributed by atoms with Crippen molar-refractivity contribution in [3.63, 3.8) is 0 Å². The molecule has 0 bridgehead atoms. The van der Waals surface area contributed by atoms with Gasteiger partial charge in [0.15, 0.2) is 11.5 Å². The van der Waals surface area contributed by atoms with Crippen LogP contribution in [-0.4, -0.2) is 46.9 Å². The van der Waals surface area contributed by atoms with Gasteiger partial charge in [0.1, 0.15) is 5.75 Å². The first kappa shape index (κ1) is 22.1. The summed E-state index contributed by atoms with van der Waals surface area (Å²) in [6.07, 6.45) is 0. The average Bonchev–Trinajstić information content (AvgIpc) is 3.27. The molecule has 0 saturated carbocycles. The van der Waals surface area contributed by atoms with Gasteiger partial charge in [0.05, 0.1) is 52.4 Å². The molecule has 0 aromatic heterocycles. The summed E-state index contributed by atoms with van der Waals surface area (Å²) in [5, 5.41) is 11.4. The number of rotatable bonds is 8. The summed E-state index contributed by atoms with van der Waals surface area (Å²) >= 11 is 0.